The lowest BCUT2D eigenvalue weighted by atomic mass is 9.82. The molecule has 0 aromatic carbocycles. The molecule has 0 fully saturated rings. The van der Waals surface area contributed by atoms with Crippen LogP contribution in [0.4, 0.5) is 0 Å². The van der Waals surface area contributed by atoms with Crippen molar-refractivity contribution < 1.29 is 22.3 Å². The summed E-state index contributed by atoms with van der Waals surface area (Å²) in [5, 5.41) is 9.70. The van der Waals surface area contributed by atoms with E-state index in [9.17, 15) is 13.5 Å². The molecule has 0 spiro atoms. The number of nitrogens with two attached hydrogens (primary N) is 2. The summed E-state index contributed by atoms with van der Waals surface area (Å²) in [4.78, 5) is 0. The van der Waals surface area contributed by atoms with Crippen LogP contribution in [0.3, 0.4) is 0 Å². The third kappa shape index (κ3) is 3.37. The Hall–Kier alpha value is -0.250. The number of hydrogen-bond acceptors (Lipinski definition) is 6. The third-order valence-electron chi connectivity index (χ3n) is 2.75. The Kier molecular flexibility index (Phi) is 4.87. The second-order valence-electron chi connectivity index (χ2n) is 4.00. The molecule has 0 aliphatic carbocycles. The van der Waals surface area contributed by atoms with Crippen LogP contribution in [0.1, 0.15) is 33.6 Å². The lowest BCUT2D eigenvalue weighted by molar-refractivity contribution is -0.0999. The average molecular weight is 256 g/mol. The largest absolute Gasteiger partial charge is 0.399 e. The maximum absolute atomic E-state index is 10.7. The Morgan fingerprint density at radius 3 is 2.06 bits per heavy atom. The third-order valence-corrected chi connectivity index (χ3v) is 3.24. The maximum atomic E-state index is 10.7. The molecule has 6 N–H and O–H groups in total. The van der Waals surface area contributed by atoms with Crippen LogP contribution < -0.4 is 11.5 Å². The van der Waals surface area contributed by atoms with Crippen LogP contribution in [0.5, 0.6) is 0 Å². The summed E-state index contributed by atoms with van der Waals surface area (Å²) in [6.07, 6.45) is -0.918. The first-order valence-electron chi connectivity index (χ1n) is 4.94. The van der Waals surface area contributed by atoms with E-state index >= 15 is 0 Å². The van der Waals surface area contributed by atoms with Gasteiger partial charge in [-0.05, 0) is 19.8 Å². The van der Waals surface area contributed by atoms with Crippen molar-refractivity contribution in [3.05, 3.63) is 0 Å². The fraction of sp³-hybridized carbons (Fsp3) is 1.00. The Balaban J connectivity index is 5.37. The summed E-state index contributed by atoms with van der Waals surface area (Å²) in [6.45, 7) is 4.69. The topological polar surface area (TPSA) is 136 Å². The van der Waals surface area contributed by atoms with Gasteiger partial charge in [0.25, 0.3) is 0 Å². The van der Waals surface area contributed by atoms with Crippen molar-refractivity contribution in [2.75, 3.05) is 0 Å². The molecular formula is C8H20N2O5S. The highest BCUT2D eigenvalue weighted by Gasteiger charge is 2.50. The van der Waals surface area contributed by atoms with Gasteiger partial charge in [0.2, 0.25) is 0 Å². The highest BCUT2D eigenvalue weighted by atomic mass is 32.3. The molecule has 0 bridgehead atoms. The highest BCUT2D eigenvalue weighted by molar-refractivity contribution is 7.80. The molecule has 0 aliphatic rings. The SMILES string of the molecule is CCC(O)C(N)(OS(=O)(=O)O)C(C)(N)CC. The van der Waals surface area contributed by atoms with Crippen molar-refractivity contribution in [3.8, 4) is 0 Å². The second kappa shape index (κ2) is 4.94. The molecule has 16 heavy (non-hydrogen) atoms. The number of aliphatic hydroxyl groups excluding tert-OH is 1. The quantitative estimate of drug-likeness (QED) is 0.366. The Morgan fingerprint density at radius 2 is 1.81 bits per heavy atom. The Morgan fingerprint density at radius 1 is 1.38 bits per heavy atom. The molecule has 0 aromatic heterocycles. The highest BCUT2D eigenvalue weighted by Crippen LogP contribution is 2.28. The van der Waals surface area contributed by atoms with Gasteiger partial charge in [-0.15, -0.1) is 0 Å². The lowest BCUT2D eigenvalue weighted by Crippen LogP contribution is -2.71. The van der Waals surface area contributed by atoms with Crippen LogP contribution in [-0.2, 0) is 14.6 Å². The van der Waals surface area contributed by atoms with Gasteiger partial charge in [0.1, 0.15) is 0 Å². The molecule has 0 aliphatic heterocycles. The fourth-order valence-corrected chi connectivity index (χ4v) is 1.94. The van der Waals surface area contributed by atoms with Gasteiger partial charge in [-0.2, -0.15) is 8.42 Å². The molecule has 3 unspecified atom stereocenters. The van der Waals surface area contributed by atoms with Crippen molar-refractivity contribution in [1.82, 2.24) is 0 Å². The standard InChI is InChI=1S/C8H20N2O5S/c1-4-6(11)8(10,7(3,9)5-2)15-16(12,13)14/h6,11H,4-5,9-10H2,1-3H3,(H,12,13,14). The first-order chi connectivity index (χ1) is 7.00. The summed E-state index contributed by atoms with van der Waals surface area (Å²) in [5.74, 6) is 0. The molecule has 7 nitrogen and oxygen atoms in total. The van der Waals surface area contributed by atoms with E-state index in [-0.39, 0.29) is 12.8 Å². The van der Waals surface area contributed by atoms with E-state index in [4.69, 9.17) is 16.0 Å². The van der Waals surface area contributed by atoms with Crippen LogP contribution in [0.15, 0.2) is 0 Å². The zero-order valence-corrected chi connectivity index (χ0v) is 10.5. The van der Waals surface area contributed by atoms with Gasteiger partial charge >= 0.3 is 10.4 Å². The van der Waals surface area contributed by atoms with Crippen LogP contribution in [0.25, 0.3) is 0 Å². The van der Waals surface area contributed by atoms with Gasteiger partial charge in [0, 0.05) is 0 Å². The minimum Gasteiger partial charge on any atom is -0.389 e. The number of rotatable bonds is 6. The lowest BCUT2D eigenvalue weighted by Gasteiger charge is -2.43. The minimum atomic E-state index is -4.80. The Bertz CT molecular complexity index is 329. The summed E-state index contributed by atoms with van der Waals surface area (Å²) in [7, 11) is -4.80. The first kappa shape index (κ1) is 15.8. The molecule has 0 aromatic rings. The zero-order valence-electron chi connectivity index (χ0n) is 9.67. The van der Waals surface area contributed by atoms with Gasteiger partial charge in [-0.3, -0.25) is 10.3 Å². The van der Waals surface area contributed by atoms with E-state index in [1.54, 1.807) is 13.8 Å². The van der Waals surface area contributed by atoms with E-state index in [0.717, 1.165) is 0 Å². The molecule has 0 heterocycles. The molecule has 0 amide bonds. The van der Waals surface area contributed by atoms with Crippen molar-refractivity contribution >= 4 is 10.4 Å². The van der Waals surface area contributed by atoms with Gasteiger partial charge < -0.3 is 10.8 Å². The summed E-state index contributed by atoms with van der Waals surface area (Å²) in [6, 6.07) is 0. The predicted octanol–water partition coefficient (Wildman–Crippen LogP) is -0.641. The van der Waals surface area contributed by atoms with Crippen LogP contribution in [0, 0.1) is 0 Å². The summed E-state index contributed by atoms with van der Waals surface area (Å²) >= 11 is 0. The first-order valence-corrected chi connectivity index (χ1v) is 6.30. The van der Waals surface area contributed by atoms with Gasteiger partial charge in [-0.25, -0.2) is 4.18 Å². The van der Waals surface area contributed by atoms with E-state index in [1.165, 1.54) is 6.92 Å². The van der Waals surface area contributed by atoms with E-state index < -0.39 is 27.8 Å². The van der Waals surface area contributed by atoms with Gasteiger partial charge in [-0.1, -0.05) is 13.8 Å². The number of aliphatic hydroxyl groups is 1. The average Bonchev–Trinajstić information content (AvgIpc) is 2.13. The van der Waals surface area contributed by atoms with Crippen molar-refractivity contribution in [3.63, 3.8) is 0 Å². The van der Waals surface area contributed by atoms with E-state index in [0.29, 0.717) is 0 Å². The minimum absolute atomic E-state index is 0.138. The molecule has 0 saturated heterocycles. The molecular weight excluding hydrogens is 236 g/mol. The van der Waals surface area contributed by atoms with Crippen molar-refractivity contribution in [2.45, 2.75) is 51.0 Å². The fourth-order valence-electron chi connectivity index (χ4n) is 1.29. The van der Waals surface area contributed by atoms with E-state index in [2.05, 4.69) is 4.18 Å². The number of hydrogen-bond donors (Lipinski definition) is 4. The molecule has 98 valence electrons. The van der Waals surface area contributed by atoms with Gasteiger partial charge in [0.05, 0.1) is 11.6 Å². The van der Waals surface area contributed by atoms with Crippen LogP contribution >= 0.6 is 0 Å². The van der Waals surface area contributed by atoms with Crippen molar-refractivity contribution in [2.24, 2.45) is 11.5 Å². The summed E-state index contributed by atoms with van der Waals surface area (Å²) in [5.41, 5.74) is 8.11. The molecule has 0 radical (unpaired) electrons. The molecule has 0 saturated carbocycles. The molecule has 3 atom stereocenters. The maximum Gasteiger partial charge on any atom is 0.399 e. The monoisotopic (exact) mass is 256 g/mol. The smallest absolute Gasteiger partial charge is 0.389 e. The predicted molar refractivity (Wildman–Crippen MR) is 58.7 cm³/mol. The summed E-state index contributed by atoms with van der Waals surface area (Å²) < 4.78 is 34.5. The van der Waals surface area contributed by atoms with E-state index in [1.807, 2.05) is 0 Å². The molecule has 8 heteroatoms. The van der Waals surface area contributed by atoms with Gasteiger partial charge in [0.15, 0.2) is 5.72 Å². The Labute approximate surface area is 95.7 Å². The molecule has 0 rings (SSSR count). The van der Waals surface area contributed by atoms with Crippen LogP contribution in [0.2, 0.25) is 0 Å². The normalized spacial score (nSPS) is 22.2. The van der Waals surface area contributed by atoms with Crippen molar-refractivity contribution in [1.29, 1.82) is 0 Å². The second-order valence-corrected chi connectivity index (χ2v) is 5.02. The van der Waals surface area contributed by atoms with Crippen LogP contribution in [-0.4, -0.2) is 35.4 Å². The zero-order chi connectivity index (χ0) is 13.2.